The lowest BCUT2D eigenvalue weighted by Crippen LogP contribution is -2.16. The van der Waals surface area contributed by atoms with E-state index >= 15 is 0 Å². The zero-order chi connectivity index (χ0) is 18.3. The normalized spacial score (nSPS) is 15.2. The molecule has 2 aromatic heterocycles. The smallest absolute Gasteiger partial charge is 0.192 e. The minimum Gasteiger partial charge on any atom is -0.298 e. The van der Waals surface area contributed by atoms with Crippen molar-refractivity contribution in [3.63, 3.8) is 0 Å². The summed E-state index contributed by atoms with van der Waals surface area (Å²) in [4.78, 5) is 14.1. The Balaban J connectivity index is 1.61. The van der Waals surface area contributed by atoms with E-state index in [0.717, 1.165) is 45.4 Å². The van der Waals surface area contributed by atoms with Crippen LogP contribution in [0.4, 0.5) is 0 Å². The molecule has 4 nitrogen and oxygen atoms in total. The van der Waals surface area contributed by atoms with Gasteiger partial charge in [-0.2, -0.15) is 0 Å². The number of hydrogen-bond acceptors (Lipinski definition) is 5. The van der Waals surface area contributed by atoms with Gasteiger partial charge in [-0.25, -0.2) is 0 Å². The van der Waals surface area contributed by atoms with Gasteiger partial charge in [-0.3, -0.25) is 9.36 Å². The van der Waals surface area contributed by atoms with Crippen LogP contribution >= 0.6 is 23.1 Å². The maximum atomic E-state index is 13.0. The van der Waals surface area contributed by atoms with Crippen molar-refractivity contribution < 1.29 is 4.79 Å². The molecule has 0 bridgehead atoms. The third-order valence-electron chi connectivity index (χ3n) is 4.63. The molecule has 1 fully saturated rings. The predicted octanol–water partition coefficient (Wildman–Crippen LogP) is 5.32. The van der Waals surface area contributed by atoms with Crippen LogP contribution in [0.2, 0.25) is 0 Å². The van der Waals surface area contributed by atoms with Crippen LogP contribution in [-0.4, -0.2) is 25.8 Å². The first-order chi connectivity index (χ1) is 12.5. The van der Waals surface area contributed by atoms with E-state index in [9.17, 15) is 4.79 Å². The Hall–Kier alpha value is -1.92. The summed E-state index contributed by atoms with van der Waals surface area (Å²) in [6.45, 7) is 5.97. The lowest BCUT2D eigenvalue weighted by molar-refractivity contribution is 0.0993. The predicted molar refractivity (Wildman–Crippen MR) is 107 cm³/mol. The van der Waals surface area contributed by atoms with Gasteiger partial charge in [0.25, 0.3) is 0 Å². The Labute approximate surface area is 161 Å². The molecule has 134 valence electrons. The van der Waals surface area contributed by atoms with E-state index in [1.54, 1.807) is 11.3 Å². The summed E-state index contributed by atoms with van der Waals surface area (Å²) in [5.74, 6) is 1.08. The fourth-order valence-electron chi connectivity index (χ4n) is 3.03. The Morgan fingerprint density at radius 1 is 1.27 bits per heavy atom. The molecular formula is C20H21N3OS2. The van der Waals surface area contributed by atoms with Crippen LogP contribution in [0.1, 0.15) is 47.3 Å². The average molecular weight is 384 g/mol. The van der Waals surface area contributed by atoms with Gasteiger partial charge in [-0.05, 0) is 56.7 Å². The van der Waals surface area contributed by atoms with Crippen molar-refractivity contribution in [2.24, 2.45) is 0 Å². The first kappa shape index (κ1) is 17.5. The Kier molecular flexibility index (Phi) is 4.71. The molecule has 0 aliphatic heterocycles. The van der Waals surface area contributed by atoms with Crippen molar-refractivity contribution in [3.05, 3.63) is 52.4 Å². The van der Waals surface area contributed by atoms with Gasteiger partial charge in [0.2, 0.25) is 0 Å². The van der Waals surface area contributed by atoms with Gasteiger partial charge in [-0.15, -0.1) is 21.5 Å². The molecule has 1 aliphatic rings. The quantitative estimate of drug-likeness (QED) is 0.427. The number of benzene rings is 1. The number of ketones is 1. The highest BCUT2D eigenvalue weighted by Crippen LogP contribution is 2.42. The van der Waals surface area contributed by atoms with Crippen LogP contribution in [0.15, 0.2) is 40.9 Å². The van der Waals surface area contributed by atoms with Crippen LogP contribution in [0.5, 0.6) is 0 Å². The van der Waals surface area contributed by atoms with Gasteiger partial charge in [0.15, 0.2) is 16.8 Å². The number of aryl methyl sites for hydroxylation is 2. The minimum absolute atomic E-state index is 0.152. The van der Waals surface area contributed by atoms with Crippen molar-refractivity contribution in [1.82, 2.24) is 14.8 Å². The summed E-state index contributed by atoms with van der Waals surface area (Å²) in [7, 11) is 0. The highest BCUT2D eigenvalue weighted by atomic mass is 32.2. The molecule has 4 rings (SSSR count). The zero-order valence-electron chi connectivity index (χ0n) is 15.1. The number of hydrogen-bond donors (Lipinski definition) is 0. The Morgan fingerprint density at radius 2 is 2.08 bits per heavy atom. The van der Waals surface area contributed by atoms with Gasteiger partial charge in [0.05, 0.1) is 10.1 Å². The van der Waals surface area contributed by atoms with Crippen molar-refractivity contribution in [1.29, 1.82) is 0 Å². The largest absolute Gasteiger partial charge is 0.298 e. The van der Waals surface area contributed by atoms with E-state index in [1.807, 2.05) is 45.0 Å². The second-order valence-corrected chi connectivity index (χ2v) is 9.08. The number of rotatable bonds is 6. The summed E-state index contributed by atoms with van der Waals surface area (Å²) in [5.41, 5.74) is 2.94. The second-order valence-electron chi connectivity index (χ2n) is 6.83. The molecule has 1 aliphatic carbocycles. The molecule has 0 spiro atoms. The fourth-order valence-corrected chi connectivity index (χ4v) is 4.72. The van der Waals surface area contributed by atoms with Gasteiger partial charge in [-0.1, -0.05) is 35.5 Å². The van der Waals surface area contributed by atoms with Crippen molar-refractivity contribution in [2.45, 2.75) is 50.1 Å². The second kappa shape index (κ2) is 7.00. The SMILES string of the molecule is Cc1ccc(C)c(C(=O)[C@@H](C)Sc2nnc(-c3cccs3)n2C2CC2)c1. The molecule has 1 atom stereocenters. The first-order valence-corrected chi connectivity index (χ1v) is 10.6. The van der Waals surface area contributed by atoms with Crippen LogP contribution in [0, 0.1) is 13.8 Å². The Morgan fingerprint density at radius 3 is 2.77 bits per heavy atom. The number of carbonyl (C=O) groups is 1. The summed E-state index contributed by atoms with van der Waals surface area (Å²) in [6, 6.07) is 10.6. The third-order valence-corrected chi connectivity index (χ3v) is 6.55. The topological polar surface area (TPSA) is 47.8 Å². The van der Waals surface area contributed by atoms with Crippen LogP contribution in [-0.2, 0) is 0 Å². The molecular weight excluding hydrogens is 362 g/mol. The average Bonchev–Trinajstić information content (AvgIpc) is 3.15. The van der Waals surface area contributed by atoms with Crippen molar-refractivity contribution in [3.8, 4) is 10.7 Å². The van der Waals surface area contributed by atoms with E-state index in [-0.39, 0.29) is 11.0 Å². The minimum atomic E-state index is -0.201. The van der Waals surface area contributed by atoms with Crippen LogP contribution in [0.3, 0.4) is 0 Å². The Bertz CT molecular complexity index is 942. The van der Waals surface area contributed by atoms with E-state index in [0.29, 0.717) is 6.04 Å². The number of carbonyl (C=O) groups excluding carboxylic acids is 1. The van der Waals surface area contributed by atoms with Crippen molar-refractivity contribution >= 4 is 28.9 Å². The highest BCUT2D eigenvalue weighted by Gasteiger charge is 2.32. The maximum absolute atomic E-state index is 13.0. The standard InChI is InChI=1S/C20H21N3OS2/c1-12-6-7-13(2)16(11-12)18(24)14(3)26-20-22-21-19(17-5-4-10-25-17)23(20)15-8-9-15/h4-7,10-11,14-15H,8-9H2,1-3H3/t14-/m1/s1. The molecule has 0 amide bonds. The molecule has 1 aromatic carbocycles. The lowest BCUT2D eigenvalue weighted by atomic mass is 10.0. The first-order valence-electron chi connectivity index (χ1n) is 8.81. The molecule has 3 aromatic rings. The number of Topliss-reactive ketones (excluding diaryl/α,β-unsaturated/α-hetero) is 1. The number of aromatic nitrogens is 3. The molecule has 0 unspecified atom stereocenters. The van der Waals surface area contributed by atoms with Gasteiger partial charge in [0.1, 0.15) is 0 Å². The summed E-state index contributed by atoms with van der Waals surface area (Å²) in [5, 5.41) is 11.6. The number of thiophene rings is 1. The lowest BCUT2D eigenvalue weighted by Gasteiger charge is -2.13. The molecule has 0 saturated heterocycles. The summed E-state index contributed by atoms with van der Waals surface area (Å²) in [6.07, 6.45) is 2.31. The number of nitrogens with zero attached hydrogens (tertiary/aromatic N) is 3. The van der Waals surface area contributed by atoms with Crippen LogP contribution < -0.4 is 0 Å². The van der Waals surface area contributed by atoms with E-state index in [2.05, 4.69) is 26.2 Å². The summed E-state index contributed by atoms with van der Waals surface area (Å²) < 4.78 is 2.23. The van der Waals surface area contributed by atoms with Crippen molar-refractivity contribution in [2.75, 3.05) is 0 Å². The zero-order valence-corrected chi connectivity index (χ0v) is 16.7. The molecule has 0 N–H and O–H groups in total. The van der Waals surface area contributed by atoms with Gasteiger partial charge >= 0.3 is 0 Å². The van der Waals surface area contributed by atoms with Crippen LogP contribution in [0.25, 0.3) is 10.7 Å². The fraction of sp³-hybridized carbons (Fsp3) is 0.350. The molecule has 0 radical (unpaired) electrons. The third kappa shape index (κ3) is 3.35. The van der Waals surface area contributed by atoms with E-state index in [1.165, 1.54) is 11.8 Å². The summed E-state index contributed by atoms with van der Waals surface area (Å²) >= 11 is 3.19. The van der Waals surface area contributed by atoms with Gasteiger partial charge in [0, 0.05) is 11.6 Å². The maximum Gasteiger partial charge on any atom is 0.192 e. The molecule has 26 heavy (non-hydrogen) atoms. The molecule has 6 heteroatoms. The molecule has 2 heterocycles. The highest BCUT2D eigenvalue weighted by molar-refractivity contribution is 8.00. The number of thioether (sulfide) groups is 1. The van der Waals surface area contributed by atoms with E-state index < -0.39 is 0 Å². The van der Waals surface area contributed by atoms with E-state index in [4.69, 9.17) is 0 Å². The van der Waals surface area contributed by atoms with Gasteiger partial charge < -0.3 is 0 Å². The molecule has 1 saturated carbocycles. The monoisotopic (exact) mass is 383 g/mol.